The van der Waals surface area contributed by atoms with Crippen LogP contribution >= 0.6 is 11.8 Å². The second-order valence-electron chi connectivity index (χ2n) is 6.47. The SMILES string of the molecule is CC[C@@H](C)c1ccccc1NC(=O)CN(C)Cc1ccc(SC)cc1. The first-order valence-electron chi connectivity index (χ1n) is 8.73. The molecule has 0 bridgehead atoms. The number of carbonyl (C=O) groups excluding carboxylic acids is 1. The van der Waals surface area contributed by atoms with E-state index in [4.69, 9.17) is 0 Å². The summed E-state index contributed by atoms with van der Waals surface area (Å²) in [6.45, 7) is 5.49. The van der Waals surface area contributed by atoms with Gasteiger partial charge in [0.25, 0.3) is 0 Å². The molecule has 0 heterocycles. The number of rotatable bonds is 8. The van der Waals surface area contributed by atoms with Gasteiger partial charge in [0.15, 0.2) is 0 Å². The summed E-state index contributed by atoms with van der Waals surface area (Å²) in [5.74, 6) is 0.461. The zero-order chi connectivity index (χ0) is 18.2. The van der Waals surface area contributed by atoms with Gasteiger partial charge in [0.1, 0.15) is 0 Å². The summed E-state index contributed by atoms with van der Waals surface area (Å²) in [5, 5.41) is 3.08. The largest absolute Gasteiger partial charge is 0.325 e. The molecule has 0 radical (unpaired) electrons. The lowest BCUT2D eigenvalue weighted by Gasteiger charge is -2.19. The number of hydrogen-bond donors (Lipinski definition) is 1. The van der Waals surface area contributed by atoms with Gasteiger partial charge in [-0.3, -0.25) is 9.69 Å². The van der Waals surface area contributed by atoms with Crippen LogP contribution in [0.15, 0.2) is 53.4 Å². The summed E-state index contributed by atoms with van der Waals surface area (Å²) in [4.78, 5) is 15.7. The second kappa shape index (κ2) is 9.64. The Morgan fingerprint density at radius 2 is 1.84 bits per heavy atom. The first-order chi connectivity index (χ1) is 12.0. The first kappa shape index (κ1) is 19.5. The van der Waals surface area contributed by atoms with E-state index in [0.717, 1.165) is 18.7 Å². The Kier molecular flexibility index (Phi) is 7.53. The van der Waals surface area contributed by atoms with Crippen molar-refractivity contribution in [2.75, 3.05) is 25.2 Å². The standard InChI is InChI=1S/C21H28N2OS/c1-5-16(2)19-8-6-7-9-20(19)22-21(24)15-23(3)14-17-10-12-18(25-4)13-11-17/h6-13,16H,5,14-15H2,1-4H3,(H,22,24)/t16-/m1/s1. The Balaban J connectivity index is 1.93. The topological polar surface area (TPSA) is 32.3 Å². The number of anilines is 1. The van der Waals surface area contributed by atoms with Crippen LogP contribution in [-0.2, 0) is 11.3 Å². The van der Waals surface area contributed by atoms with Gasteiger partial charge in [0.2, 0.25) is 5.91 Å². The quantitative estimate of drug-likeness (QED) is 0.676. The number of benzene rings is 2. The summed E-state index contributed by atoms with van der Waals surface area (Å²) in [5.41, 5.74) is 3.35. The highest BCUT2D eigenvalue weighted by molar-refractivity contribution is 7.98. The molecule has 0 spiro atoms. The molecule has 0 aliphatic carbocycles. The zero-order valence-electron chi connectivity index (χ0n) is 15.6. The maximum Gasteiger partial charge on any atom is 0.238 e. The maximum atomic E-state index is 12.4. The third kappa shape index (κ3) is 5.91. The summed E-state index contributed by atoms with van der Waals surface area (Å²) >= 11 is 1.74. The molecule has 3 nitrogen and oxygen atoms in total. The molecule has 0 unspecified atom stereocenters. The number of carbonyl (C=O) groups is 1. The summed E-state index contributed by atoms with van der Waals surface area (Å²) in [7, 11) is 1.97. The number of para-hydroxylation sites is 1. The van der Waals surface area contributed by atoms with Gasteiger partial charge in [-0.05, 0) is 55.0 Å². The van der Waals surface area contributed by atoms with E-state index >= 15 is 0 Å². The average Bonchev–Trinajstić information content (AvgIpc) is 2.62. The monoisotopic (exact) mass is 356 g/mol. The molecular formula is C21H28N2OS. The minimum absolute atomic E-state index is 0.0268. The molecule has 0 aromatic heterocycles. The molecule has 0 aliphatic rings. The van der Waals surface area contributed by atoms with E-state index in [-0.39, 0.29) is 5.91 Å². The van der Waals surface area contributed by atoms with E-state index in [9.17, 15) is 4.79 Å². The fourth-order valence-electron chi connectivity index (χ4n) is 2.79. The van der Waals surface area contributed by atoms with Crippen molar-refractivity contribution in [3.8, 4) is 0 Å². The van der Waals surface area contributed by atoms with Crippen LogP contribution in [0.5, 0.6) is 0 Å². The van der Waals surface area contributed by atoms with Gasteiger partial charge >= 0.3 is 0 Å². The van der Waals surface area contributed by atoms with E-state index < -0.39 is 0 Å². The van der Waals surface area contributed by atoms with Gasteiger partial charge in [-0.15, -0.1) is 11.8 Å². The number of nitrogens with one attached hydrogen (secondary N) is 1. The summed E-state index contributed by atoms with van der Waals surface area (Å²) < 4.78 is 0. The van der Waals surface area contributed by atoms with Gasteiger partial charge < -0.3 is 5.32 Å². The number of likely N-dealkylation sites (N-methyl/N-ethyl adjacent to an activating group) is 1. The molecule has 0 saturated carbocycles. The van der Waals surface area contributed by atoms with Crippen LogP contribution in [0.3, 0.4) is 0 Å². The van der Waals surface area contributed by atoms with Gasteiger partial charge in [0, 0.05) is 17.1 Å². The molecule has 0 aliphatic heterocycles. The highest BCUT2D eigenvalue weighted by Crippen LogP contribution is 2.26. The minimum Gasteiger partial charge on any atom is -0.325 e. The predicted octanol–water partition coefficient (Wildman–Crippen LogP) is 4.99. The highest BCUT2D eigenvalue weighted by atomic mass is 32.2. The molecule has 2 aromatic rings. The number of thioether (sulfide) groups is 1. The lowest BCUT2D eigenvalue weighted by molar-refractivity contribution is -0.117. The van der Waals surface area contributed by atoms with Gasteiger partial charge in [-0.1, -0.05) is 44.2 Å². The third-order valence-corrected chi connectivity index (χ3v) is 5.15. The summed E-state index contributed by atoms with van der Waals surface area (Å²) in [6, 6.07) is 16.6. The molecule has 2 rings (SSSR count). The van der Waals surface area contributed by atoms with Gasteiger partial charge in [-0.2, -0.15) is 0 Å². The molecule has 4 heteroatoms. The number of nitrogens with zero attached hydrogens (tertiary/aromatic N) is 1. The van der Waals surface area contributed by atoms with Crippen molar-refractivity contribution in [3.63, 3.8) is 0 Å². The molecule has 2 aromatic carbocycles. The fourth-order valence-corrected chi connectivity index (χ4v) is 3.20. The molecule has 134 valence electrons. The van der Waals surface area contributed by atoms with E-state index in [1.54, 1.807) is 11.8 Å². The normalized spacial score (nSPS) is 12.2. The Labute approximate surface area is 155 Å². The van der Waals surface area contributed by atoms with Crippen LogP contribution < -0.4 is 5.32 Å². The Bertz CT molecular complexity index is 685. The predicted molar refractivity (Wildman–Crippen MR) is 108 cm³/mol. The van der Waals surface area contributed by atoms with Crippen molar-refractivity contribution in [2.45, 2.75) is 37.6 Å². The van der Waals surface area contributed by atoms with E-state index in [0.29, 0.717) is 12.5 Å². The average molecular weight is 357 g/mol. The van der Waals surface area contributed by atoms with E-state index in [1.165, 1.54) is 16.0 Å². The summed E-state index contributed by atoms with van der Waals surface area (Å²) in [6.07, 6.45) is 3.13. The Morgan fingerprint density at radius 1 is 1.16 bits per heavy atom. The van der Waals surface area contributed by atoms with Crippen molar-refractivity contribution in [1.82, 2.24) is 4.90 Å². The highest BCUT2D eigenvalue weighted by Gasteiger charge is 2.12. The molecular weight excluding hydrogens is 328 g/mol. The fraction of sp³-hybridized carbons (Fsp3) is 0.381. The van der Waals surface area contributed by atoms with E-state index in [1.807, 2.05) is 30.1 Å². The zero-order valence-corrected chi connectivity index (χ0v) is 16.4. The van der Waals surface area contributed by atoms with Gasteiger partial charge in [0.05, 0.1) is 6.54 Å². The lowest BCUT2D eigenvalue weighted by Crippen LogP contribution is -2.30. The van der Waals surface area contributed by atoms with Crippen LogP contribution in [0.25, 0.3) is 0 Å². The maximum absolute atomic E-state index is 12.4. The molecule has 1 N–H and O–H groups in total. The second-order valence-corrected chi connectivity index (χ2v) is 7.34. The lowest BCUT2D eigenvalue weighted by atomic mass is 9.97. The van der Waals surface area contributed by atoms with Crippen molar-refractivity contribution >= 4 is 23.4 Å². The number of hydrogen-bond acceptors (Lipinski definition) is 3. The van der Waals surface area contributed by atoms with Crippen molar-refractivity contribution < 1.29 is 4.79 Å². The van der Waals surface area contributed by atoms with Crippen molar-refractivity contribution in [1.29, 1.82) is 0 Å². The third-order valence-electron chi connectivity index (χ3n) is 4.40. The van der Waals surface area contributed by atoms with E-state index in [2.05, 4.69) is 55.8 Å². The van der Waals surface area contributed by atoms with Crippen molar-refractivity contribution in [3.05, 3.63) is 59.7 Å². The first-order valence-corrected chi connectivity index (χ1v) is 9.96. The van der Waals surface area contributed by atoms with Crippen LogP contribution in [0.1, 0.15) is 37.3 Å². The van der Waals surface area contributed by atoms with Crippen molar-refractivity contribution in [2.24, 2.45) is 0 Å². The van der Waals surface area contributed by atoms with Crippen LogP contribution in [0.2, 0.25) is 0 Å². The molecule has 1 atom stereocenters. The van der Waals surface area contributed by atoms with Crippen LogP contribution in [0, 0.1) is 0 Å². The molecule has 25 heavy (non-hydrogen) atoms. The Morgan fingerprint density at radius 3 is 2.48 bits per heavy atom. The molecule has 1 amide bonds. The Hall–Kier alpha value is -1.78. The van der Waals surface area contributed by atoms with Crippen LogP contribution in [-0.4, -0.2) is 30.7 Å². The number of amides is 1. The smallest absolute Gasteiger partial charge is 0.238 e. The van der Waals surface area contributed by atoms with Gasteiger partial charge in [-0.25, -0.2) is 0 Å². The minimum atomic E-state index is 0.0268. The molecule has 0 fully saturated rings. The van der Waals surface area contributed by atoms with Crippen LogP contribution in [0.4, 0.5) is 5.69 Å². The molecule has 0 saturated heterocycles.